The van der Waals surface area contributed by atoms with Gasteiger partial charge in [0.25, 0.3) is 0 Å². The summed E-state index contributed by atoms with van der Waals surface area (Å²) in [5.74, 6) is 0.588. The third kappa shape index (κ3) is 7.58. The number of para-hydroxylation sites is 1. The number of carbonyl (C=O) groups excluding carboxylic acids is 1. The summed E-state index contributed by atoms with van der Waals surface area (Å²) in [6.07, 6.45) is 1.92. The van der Waals surface area contributed by atoms with E-state index < -0.39 is 5.60 Å². The van der Waals surface area contributed by atoms with Crippen molar-refractivity contribution in [3.63, 3.8) is 0 Å². The van der Waals surface area contributed by atoms with Crippen LogP contribution in [0.2, 0.25) is 0 Å². The van der Waals surface area contributed by atoms with Crippen LogP contribution in [0, 0.1) is 0 Å². The first-order valence-electron chi connectivity index (χ1n) is 11.9. The Morgan fingerprint density at radius 1 is 0.938 bits per heavy atom. The van der Waals surface area contributed by atoms with Gasteiger partial charge in [0.15, 0.2) is 5.96 Å². The average Bonchev–Trinajstić information content (AvgIpc) is 2.79. The van der Waals surface area contributed by atoms with Crippen LogP contribution >= 0.6 is 0 Å². The summed E-state index contributed by atoms with van der Waals surface area (Å²) in [4.78, 5) is 25.6. The number of anilines is 1. The summed E-state index contributed by atoms with van der Waals surface area (Å²) in [6.45, 7) is 14.5. The number of benzene rings is 1. The van der Waals surface area contributed by atoms with Crippen LogP contribution in [-0.2, 0) is 4.74 Å². The minimum absolute atomic E-state index is 0.253. The van der Waals surface area contributed by atoms with Crippen molar-refractivity contribution < 1.29 is 9.53 Å². The second kappa shape index (κ2) is 11.4. The Bertz CT molecular complexity index is 733. The lowest BCUT2D eigenvalue weighted by Gasteiger charge is -2.36. The van der Waals surface area contributed by atoms with Gasteiger partial charge in [-0.3, -0.25) is 9.89 Å². The molecule has 0 spiro atoms. The maximum atomic E-state index is 12.2. The van der Waals surface area contributed by atoms with Crippen molar-refractivity contribution >= 4 is 17.7 Å². The quantitative estimate of drug-likeness (QED) is 0.413. The Morgan fingerprint density at radius 3 is 2.19 bits per heavy atom. The number of hydrogen-bond donors (Lipinski definition) is 1. The Morgan fingerprint density at radius 2 is 1.56 bits per heavy atom. The summed E-state index contributed by atoms with van der Waals surface area (Å²) < 4.78 is 5.44. The highest BCUT2D eigenvalue weighted by atomic mass is 16.6. The number of hydrogen-bond acceptors (Lipinski definition) is 5. The molecule has 0 aliphatic carbocycles. The predicted octanol–water partition coefficient (Wildman–Crippen LogP) is 2.46. The normalized spacial score (nSPS) is 18.7. The van der Waals surface area contributed by atoms with Crippen molar-refractivity contribution in [3.05, 3.63) is 30.3 Å². The van der Waals surface area contributed by atoms with E-state index in [0.717, 1.165) is 52.1 Å². The summed E-state index contributed by atoms with van der Waals surface area (Å²) >= 11 is 0. The van der Waals surface area contributed by atoms with Crippen molar-refractivity contribution in [2.75, 3.05) is 70.3 Å². The van der Waals surface area contributed by atoms with E-state index in [-0.39, 0.29) is 6.09 Å². The molecule has 1 amide bonds. The topological polar surface area (TPSA) is 77.6 Å². The minimum atomic E-state index is -0.468. The van der Waals surface area contributed by atoms with Gasteiger partial charge in [-0.25, -0.2) is 4.79 Å². The van der Waals surface area contributed by atoms with Gasteiger partial charge in [0.1, 0.15) is 5.60 Å². The first kappa shape index (κ1) is 24.2. The van der Waals surface area contributed by atoms with Gasteiger partial charge in [-0.15, -0.1) is 0 Å². The van der Waals surface area contributed by atoms with Crippen LogP contribution in [0.1, 0.15) is 33.6 Å². The number of amides is 1. The fourth-order valence-corrected chi connectivity index (χ4v) is 4.05. The first-order valence-corrected chi connectivity index (χ1v) is 11.9. The molecule has 2 heterocycles. The van der Waals surface area contributed by atoms with Crippen molar-refractivity contribution in [2.45, 2.75) is 39.2 Å². The maximum absolute atomic E-state index is 12.2. The molecule has 2 fully saturated rings. The molecular weight excluding hydrogens is 404 g/mol. The molecule has 2 aliphatic heterocycles. The van der Waals surface area contributed by atoms with Crippen LogP contribution in [0.4, 0.5) is 10.5 Å². The number of guanidine groups is 1. The van der Waals surface area contributed by atoms with E-state index in [9.17, 15) is 4.79 Å². The number of ether oxygens (including phenoxy) is 1. The molecule has 1 aromatic carbocycles. The third-order valence-electron chi connectivity index (χ3n) is 5.91. The van der Waals surface area contributed by atoms with Gasteiger partial charge in [0.05, 0.1) is 0 Å². The minimum Gasteiger partial charge on any atom is -0.444 e. The zero-order chi connectivity index (χ0) is 23.0. The lowest BCUT2D eigenvalue weighted by molar-refractivity contribution is 0.0186. The Kier molecular flexibility index (Phi) is 8.61. The number of aliphatic imine (C=N–C) groups is 1. The van der Waals surface area contributed by atoms with Crippen LogP contribution in [-0.4, -0.2) is 97.8 Å². The second-order valence-corrected chi connectivity index (χ2v) is 9.57. The molecule has 0 aromatic heterocycles. The number of nitrogens with two attached hydrogens (primary N) is 1. The second-order valence-electron chi connectivity index (χ2n) is 9.57. The third-order valence-corrected chi connectivity index (χ3v) is 5.91. The SMILES string of the molecule is CC(C)(C)OC(=O)N1CCN(C(N)=NCCCCN2CCN(c3ccccc3)CC2)CC1. The van der Waals surface area contributed by atoms with Gasteiger partial charge in [0.2, 0.25) is 0 Å². The van der Waals surface area contributed by atoms with Gasteiger partial charge in [-0.2, -0.15) is 0 Å². The molecule has 1 aromatic rings. The summed E-state index contributed by atoms with van der Waals surface area (Å²) in [5.41, 5.74) is 7.05. The Balaban J connectivity index is 1.28. The van der Waals surface area contributed by atoms with Gasteiger partial charge in [-0.05, 0) is 52.3 Å². The van der Waals surface area contributed by atoms with E-state index in [2.05, 4.69) is 50.0 Å². The summed E-state index contributed by atoms with van der Waals surface area (Å²) in [6, 6.07) is 10.7. The standard InChI is InChI=1S/C24H40N6O2/c1-24(2,3)32-23(31)30-19-17-29(18-20-30)22(25)26-11-7-8-12-27-13-15-28(16-14-27)21-9-5-4-6-10-21/h4-6,9-10H,7-8,11-20H2,1-3H3,(H2,25,26). The lowest BCUT2D eigenvalue weighted by Crippen LogP contribution is -2.53. The average molecular weight is 445 g/mol. The first-order chi connectivity index (χ1) is 15.3. The molecule has 8 nitrogen and oxygen atoms in total. The number of rotatable bonds is 6. The highest BCUT2D eigenvalue weighted by Gasteiger charge is 2.26. The van der Waals surface area contributed by atoms with Gasteiger partial charge < -0.3 is 25.2 Å². The predicted molar refractivity (Wildman–Crippen MR) is 130 cm³/mol. The smallest absolute Gasteiger partial charge is 0.410 e. The molecule has 0 atom stereocenters. The van der Waals surface area contributed by atoms with Crippen LogP contribution in [0.3, 0.4) is 0 Å². The van der Waals surface area contributed by atoms with E-state index >= 15 is 0 Å². The molecule has 8 heteroatoms. The molecule has 3 rings (SSSR count). The van der Waals surface area contributed by atoms with Crippen LogP contribution in [0.25, 0.3) is 0 Å². The molecule has 0 bridgehead atoms. The highest BCUT2D eigenvalue weighted by molar-refractivity contribution is 5.78. The van der Waals surface area contributed by atoms with Crippen molar-refractivity contribution in [2.24, 2.45) is 10.7 Å². The zero-order valence-electron chi connectivity index (χ0n) is 20.0. The van der Waals surface area contributed by atoms with E-state index in [1.807, 2.05) is 20.8 Å². The monoisotopic (exact) mass is 444 g/mol. The van der Waals surface area contributed by atoms with Gasteiger partial charge >= 0.3 is 6.09 Å². The van der Waals surface area contributed by atoms with Crippen molar-refractivity contribution in [1.29, 1.82) is 0 Å². The number of carbonyl (C=O) groups is 1. The zero-order valence-corrected chi connectivity index (χ0v) is 20.0. The molecule has 0 saturated carbocycles. The lowest BCUT2D eigenvalue weighted by atomic mass is 10.2. The number of piperazine rings is 2. The van der Waals surface area contributed by atoms with Crippen molar-refractivity contribution in [3.8, 4) is 0 Å². The van der Waals surface area contributed by atoms with Gasteiger partial charge in [-0.1, -0.05) is 18.2 Å². The van der Waals surface area contributed by atoms with E-state index in [4.69, 9.17) is 10.5 Å². The molecule has 0 unspecified atom stereocenters. The fraction of sp³-hybridized carbons (Fsp3) is 0.667. The molecule has 2 saturated heterocycles. The van der Waals surface area contributed by atoms with E-state index in [0.29, 0.717) is 32.1 Å². The molecule has 2 N–H and O–H groups in total. The molecule has 2 aliphatic rings. The van der Waals surface area contributed by atoms with Crippen LogP contribution in [0.5, 0.6) is 0 Å². The summed E-state index contributed by atoms with van der Waals surface area (Å²) in [7, 11) is 0. The van der Waals surface area contributed by atoms with Crippen LogP contribution in [0.15, 0.2) is 35.3 Å². The number of unbranched alkanes of at least 4 members (excludes halogenated alkanes) is 1. The molecule has 32 heavy (non-hydrogen) atoms. The fourth-order valence-electron chi connectivity index (χ4n) is 4.05. The van der Waals surface area contributed by atoms with Gasteiger partial charge in [0, 0.05) is 64.6 Å². The largest absolute Gasteiger partial charge is 0.444 e. The van der Waals surface area contributed by atoms with Crippen LogP contribution < -0.4 is 10.6 Å². The van der Waals surface area contributed by atoms with Crippen molar-refractivity contribution in [1.82, 2.24) is 14.7 Å². The molecule has 178 valence electrons. The summed E-state index contributed by atoms with van der Waals surface area (Å²) in [5, 5.41) is 0. The highest BCUT2D eigenvalue weighted by Crippen LogP contribution is 2.16. The number of nitrogens with zero attached hydrogens (tertiary/aromatic N) is 5. The molecular formula is C24H40N6O2. The Hall–Kier alpha value is -2.48. The van der Waals surface area contributed by atoms with E-state index in [1.165, 1.54) is 5.69 Å². The Labute approximate surface area is 193 Å². The maximum Gasteiger partial charge on any atom is 0.410 e. The molecule has 0 radical (unpaired) electrons. The van der Waals surface area contributed by atoms with E-state index in [1.54, 1.807) is 4.90 Å².